The molecule has 0 saturated heterocycles. The van der Waals surface area contributed by atoms with Crippen LogP contribution in [0.3, 0.4) is 0 Å². The second-order valence-corrected chi connectivity index (χ2v) is 11.6. The van der Waals surface area contributed by atoms with Crippen LogP contribution in [0.2, 0.25) is 0 Å². The van der Waals surface area contributed by atoms with Crippen LogP contribution in [0, 0.1) is 0 Å². The van der Waals surface area contributed by atoms with Gasteiger partial charge in [-0.25, -0.2) is 0 Å². The maximum Gasteiger partial charge on any atom is 0.119 e. The second kappa shape index (κ2) is 13.0. The third-order valence-corrected chi connectivity index (χ3v) is 7.97. The summed E-state index contributed by atoms with van der Waals surface area (Å²) in [6.45, 7) is 9.93. The molecule has 0 aromatic heterocycles. The summed E-state index contributed by atoms with van der Waals surface area (Å²) in [6, 6.07) is 23.3. The fourth-order valence-corrected chi connectivity index (χ4v) is 5.54. The van der Waals surface area contributed by atoms with Crippen molar-refractivity contribution < 1.29 is 9.47 Å². The van der Waals surface area contributed by atoms with E-state index in [1.165, 1.54) is 28.1 Å². The lowest BCUT2D eigenvalue weighted by molar-refractivity contribution is 0.412. The van der Waals surface area contributed by atoms with Gasteiger partial charge in [0.25, 0.3) is 0 Å². The number of anilines is 2. The Kier molecular flexibility index (Phi) is 9.44. The molecule has 1 N–H and O–H groups in total. The zero-order valence-electron chi connectivity index (χ0n) is 25.6. The second-order valence-electron chi connectivity index (χ2n) is 11.6. The SMILES string of the molecule is CNc1ccc(OC)cc1C(C)(C)C/C=C/C=C/C=C/C=C1/N(Cc2ccccc2)c2ccc(OC)cc2C1(C)C. The number of methoxy groups -OCH3 is 2. The number of hydrogen-bond acceptors (Lipinski definition) is 4. The molecule has 3 aromatic carbocycles. The average molecular weight is 549 g/mol. The first-order valence-electron chi connectivity index (χ1n) is 14.3. The van der Waals surface area contributed by atoms with Crippen LogP contribution in [-0.2, 0) is 17.4 Å². The van der Waals surface area contributed by atoms with E-state index in [0.29, 0.717) is 0 Å². The number of benzene rings is 3. The number of nitrogens with one attached hydrogen (secondary N) is 1. The van der Waals surface area contributed by atoms with E-state index in [0.717, 1.165) is 30.2 Å². The van der Waals surface area contributed by atoms with Gasteiger partial charge >= 0.3 is 0 Å². The normalized spacial score (nSPS) is 15.8. The van der Waals surface area contributed by atoms with Gasteiger partial charge in [-0.15, -0.1) is 0 Å². The Hall–Kier alpha value is -4.18. The van der Waals surface area contributed by atoms with Crippen LogP contribution < -0.4 is 19.7 Å². The summed E-state index contributed by atoms with van der Waals surface area (Å²) in [4.78, 5) is 2.43. The van der Waals surface area contributed by atoms with Gasteiger partial charge in [-0.2, -0.15) is 0 Å². The van der Waals surface area contributed by atoms with Crippen LogP contribution in [0.5, 0.6) is 11.5 Å². The molecule has 41 heavy (non-hydrogen) atoms. The molecule has 0 atom stereocenters. The van der Waals surface area contributed by atoms with Crippen LogP contribution in [0.25, 0.3) is 0 Å². The van der Waals surface area contributed by atoms with Gasteiger partial charge in [-0.1, -0.05) is 94.5 Å². The zero-order chi connectivity index (χ0) is 29.5. The van der Waals surface area contributed by atoms with Crippen molar-refractivity contribution in [1.29, 1.82) is 0 Å². The first kappa shape index (κ1) is 29.8. The van der Waals surface area contributed by atoms with Gasteiger partial charge in [0.05, 0.1) is 14.2 Å². The molecule has 0 bridgehead atoms. The van der Waals surface area contributed by atoms with Gasteiger partial charge in [-0.3, -0.25) is 0 Å². The highest BCUT2D eigenvalue weighted by Crippen LogP contribution is 2.49. The van der Waals surface area contributed by atoms with Crippen molar-refractivity contribution in [2.24, 2.45) is 0 Å². The fourth-order valence-electron chi connectivity index (χ4n) is 5.54. The maximum absolute atomic E-state index is 5.56. The first-order valence-corrected chi connectivity index (χ1v) is 14.3. The Bertz CT molecular complexity index is 1450. The van der Waals surface area contributed by atoms with E-state index in [1.807, 2.05) is 13.1 Å². The standard InChI is InChI=1S/C37H44N2O2/c1-36(2,31-25-29(40-6)20-22-33(31)38-5)24-16-11-9-8-10-15-19-35-37(3,4)32-26-30(41-7)21-23-34(32)39(35)27-28-17-13-12-14-18-28/h8-23,25-26,38H,24,27H2,1-7H3/b9-8+,15-10+,16-11+,35-19+. The molecular weight excluding hydrogens is 504 g/mol. The minimum atomic E-state index is -0.148. The predicted molar refractivity (Wildman–Crippen MR) is 174 cm³/mol. The molecule has 0 amide bonds. The van der Waals surface area contributed by atoms with Crippen molar-refractivity contribution >= 4 is 11.4 Å². The van der Waals surface area contributed by atoms with Crippen LogP contribution in [0.1, 0.15) is 50.8 Å². The van der Waals surface area contributed by atoms with Gasteiger partial charge in [0.2, 0.25) is 0 Å². The van der Waals surface area contributed by atoms with Crippen LogP contribution in [0.15, 0.2) is 115 Å². The lowest BCUT2D eigenvalue weighted by Gasteiger charge is -2.27. The van der Waals surface area contributed by atoms with Crippen LogP contribution >= 0.6 is 0 Å². The Morgan fingerprint density at radius 2 is 1.49 bits per heavy atom. The van der Waals surface area contributed by atoms with Gasteiger partial charge in [0.15, 0.2) is 0 Å². The molecule has 4 rings (SSSR count). The highest BCUT2D eigenvalue weighted by atomic mass is 16.5. The summed E-state index contributed by atoms with van der Waals surface area (Å²) in [5.74, 6) is 1.77. The third-order valence-electron chi connectivity index (χ3n) is 7.97. The molecule has 0 saturated carbocycles. The largest absolute Gasteiger partial charge is 0.497 e. The van der Waals surface area contributed by atoms with Gasteiger partial charge < -0.3 is 19.7 Å². The molecule has 0 radical (unpaired) electrons. The Morgan fingerprint density at radius 3 is 2.20 bits per heavy atom. The number of rotatable bonds is 11. The molecule has 1 aliphatic rings. The minimum absolute atomic E-state index is 0.0363. The quantitative estimate of drug-likeness (QED) is 0.243. The summed E-state index contributed by atoms with van der Waals surface area (Å²) in [7, 11) is 5.40. The van der Waals surface area contributed by atoms with Crippen LogP contribution in [-0.4, -0.2) is 21.3 Å². The van der Waals surface area contributed by atoms with Crippen molar-refractivity contribution in [1.82, 2.24) is 0 Å². The number of ether oxygens (including phenoxy) is 2. The van der Waals surface area contributed by atoms with Gasteiger partial charge in [0.1, 0.15) is 11.5 Å². The zero-order valence-corrected chi connectivity index (χ0v) is 25.6. The summed E-state index contributed by atoms with van der Waals surface area (Å²) in [5, 5.41) is 3.32. The van der Waals surface area contributed by atoms with Gasteiger partial charge in [0, 0.05) is 36.1 Å². The molecule has 0 fully saturated rings. The topological polar surface area (TPSA) is 33.7 Å². The average Bonchev–Trinajstić information content (AvgIpc) is 3.19. The molecule has 4 nitrogen and oxygen atoms in total. The number of allylic oxidation sites excluding steroid dienone is 8. The molecule has 3 aromatic rings. The number of hydrogen-bond donors (Lipinski definition) is 1. The van der Waals surface area contributed by atoms with Crippen molar-refractivity contribution in [2.45, 2.75) is 51.5 Å². The van der Waals surface area contributed by atoms with Gasteiger partial charge in [-0.05, 0) is 71.0 Å². The number of nitrogens with zero attached hydrogens (tertiary/aromatic N) is 1. The molecule has 214 valence electrons. The van der Waals surface area contributed by atoms with Crippen LogP contribution in [0.4, 0.5) is 11.4 Å². The maximum atomic E-state index is 5.56. The highest BCUT2D eigenvalue weighted by molar-refractivity contribution is 5.72. The van der Waals surface area contributed by atoms with E-state index in [9.17, 15) is 0 Å². The Labute approximate surface area is 246 Å². The van der Waals surface area contributed by atoms with E-state index in [2.05, 4.69) is 141 Å². The summed E-state index contributed by atoms with van der Waals surface area (Å²) in [5.41, 5.74) is 7.26. The molecule has 0 spiro atoms. The highest BCUT2D eigenvalue weighted by Gasteiger charge is 2.40. The molecule has 0 unspecified atom stereocenters. The molecule has 1 aliphatic heterocycles. The van der Waals surface area contributed by atoms with Crippen molar-refractivity contribution in [3.05, 3.63) is 132 Å². The minimum Gasteiger partial charge on any atom is -0.497 e. The van der Waals surface area contributed by atoms with E-state index in [1.54, 1.807) is 14.2 Å². The van der Waals surface area contributed by atoms with E-state index < -0.39 is 0 Å². The van der Waals surface area contributed by atoms with Crippen molar-refractivity contribution in [3.63, 3.8) is 0 Å². The predicted octanol–water partition coefficient (Wildman–Crippen LogP) is 8.96. The van der Waals surface area contributed by atoms with E-state index in [4.69, 9.17) is 9.47 Å². The lowest BCUT2D eigenvalue weighted by atomic mass is 9.80. The lowest BCUT2D eigenvalue weighted by Crippen LogP contribution is -2.25. The van der Waals surface area contributed by atoms with Crippen molar-refractivity contribution in [2.75, 3.05) is 31.5 Å². The Morgan fingerprint density at radius 1 is 0.829 bits per heavy atom. The summed E-state index contributed by atoms with van der Waals surface area (Å²) >= 11 is 0. The molecule has 1 heterocycles. The van der Waals surface area contributed by atoms with E-state index >= 15 is 0 Å². The summed E-state index contributed by atoms with van der Waals surface area (Å²) < 4.78 is 11.0. The fraction of sp³-hybridized carbons (Fsp3) is 0.297. The van der Waals surface area contributed by atoms with E-state index in [-0.39, 0.29) is 10.8 Å². The Balaban J connectivity index is 1.48. The summed E-state index contributed by atoms with van der Waals surface area (Å²) in [6.07, 6.45) is 15.9. The molecular formula is C37H44N2O2. The smallest absolute Gasteiger partial charge is 0.119 e. The molecule has 4 heteroatoms. The monoisotopic (exact) mass is 548 g/mol. The molecule has 0 aliphatic carbocycles. The van der Waals surface area contributed by atoms with Crippen molar-refractivity contribution in [3.8, 4) is 11.5 Å². The first-order chi connectivity index (χ1) is 19.7. The third kappa shape index (κ3) is 6.77. The number of fused-ring (bicyclic) bond motifs is 1.